The molecule has 0 bridgehead atoms. The van der Waals surface area contributed by atoms with Crippen molar-refractivity contribution in [1.29, 1.82) is 0 Å². The molecule has 1 N–H and O–H groups in total. The highest BCUT2D eigenvalue weighted by atomic mass is 35.5. The highest BCUT2D eigenvalue weighted by molar-refractivity contribution is 6.37. The number of rotatable bonds is 6. The topological polar surface area (TPSA) is 65.0 Å². The van der Waals surface area contributed by atoms with Gasteiger partial charge in [-0.25, -0.2) is 4.79 Å². The second kappa shape index (κ2) is 7.69. The minimum atomic E-state index is -0.774. The van der Waals surface area contributed by atoms with Gasteiger partial charge in [0.05, 0.1) is 23.3 Å². The van der Waals surface area contributed by atoms with E-state index in [2.05, 4.69) is 0 Å². The van der Waals surface area contributed by atoms with Gasteiger partial charge in [-0.05, 0) is 19.1 Å². The summed E-state index contributed by atoms with van der Waals surface area (Å²) in [5.74, 6) is -0.549. The number of hydrogen-bond acceptors (Lipinski definition) is 5. The average Bonchev–Trinajstić information content (AvgIpc) is 2.40. The second-order valence-electron chi connectivity index (χ2n) is 4.05. The average molecular weight is 323 g/mol. The molecule has 0 fully saturated rings. The molecule has 0 aromatic heterocycles. The van der Waals surface area contributed by atoms with Crippen LogP contribution in [0, 0.1) is 0 Å². The number of benzene rings is 1. The molecule has 1 aromatic carbocycles. The Kier molecular flexibility index (Phi) is 6.55. The third-order valence-corrected chi connectivity index (χ3v) is 3.30. The van der Waals surface area contributed by atoms with Crippen molar-refractivity contribution in [1.82, 2.24) is 0 Å². The monoisotopic (exact) mass is 322 g/mol. The number of aliphatic hydroxyl groups is 1. The van der Waals surface area contributed by atoms with Crippen LogP contribution >= 0.6 is 23.2 Å². The molecule has 7 heteroatoms. The highest BCUT2D eigenvalue weighted by Crippen LogP contribution is 2.34. The standard InChI is InChI=1S/C13H16Cl2O5/c1-7(16)10(18-2)6-20-13(17)11-8(14)4-5-9(15)12(11)19-3/h4-5,7,10,16H,6H2,1-3H3. The minimum Gasteiger partial charge on any atom is -0.494 e. The van der Waals surface area contributed by atoms with Crippen molar-refractivity contribution in [3.8, 4) is 5.75 Å². The fourth-order valence-corrected chi connectivity index (χ4v) is 2.02. The molecule has 20 heavy (non-hydrogen) atoms. The number of aliphatic hydroxyl groups excluding tert-OH is 1. The summed E-state index contributed by atoms with van der Waals surface area (Å²) in [5.41, 5.74) is 0.0436. The Morgan fingerprint density at radius 1 is 1.30 bits per heavy atom. The molecule has 112 valence electrons. The van der Waals surface area contributed by atoms with Gasteiger partial charge in [0.15, 0.2) is 5.75 Å². The van der Waals surface area contributed by atoms with E-state index < -0.39 is 18.2 Å². The Bertz CT molecular complexity index is 476. The normalized spacial score (nSPS) is 13.7. The van der Waals surface area contributed by atoms with E-state index in [1.54, 1.807) is 0 Å². The molecule has 5 nitrogen and oxygen atoms in total. The number of ether oxygens (including phenoxy) is 3. The first-order chi connectivity index (χ1) is 9.42. The predicted octanol–water partition coefficient (Wildman–Crippen LogP) is 2.55. The molecule has 0 spiro atoms. The smallest absolute Gasteiger partial charge is 0.343 e. The molecule has 0 amide bonds. The molecule has 2 unspecified atom stereocenters. The van der Waals surface area contributed by atoms with Gasteiger partial charge < -0.3 is 19.3 Å². The van der Waals surface area contributed by atoms with Crippen molar-refractivity contribution >= 4 is 29.2 Å². The van der Waals surface area contributed by atoms with Crippen LogP contribution in [-0.2, 0) is 9.47 Å². The number of halogens is 2. The number of hydrogen-bond donors (Lipinski definition) is 1. The quantitative estimate of drug-likeness (QED) is 0.815. The van der Waals surface area contributed by atoms with Crippen LogP contribution in [0.5, 0.6) is 5.75 Å². The van der Waals surface area contributed by atoms with Crippen molar-refractivity contribution < 1.29 is 24.1 Å². The number of carbonyl (C=O) groups is 1. The summed E-state index contributed by atoms with van der Waals surface area (Å²) in [5, 5.41) is 9.83. The third-order valence-electron chi connectivity index (χ3n) is 2.69. The van der Waals surface area contributed by atoms with Gasteiger partial charge in [-0.3, -0.25) is 0 Å². The first-order valence-corrected chi connectivity index (χ1v) is 6.57. The largest absolute Gasteiger partial charge is 0.494 e. The van der Waals surface area contributed by atoms with Gasteiger partial charge in [0, 0.05) is 7.11 Å². The van der Waals surface area contributed by atoms with Gasteiger partial charge >= 0.3 is 5.97 Å². The van der Waals surface area contributed by atoms with E-state index in [0.29, 0.717) is 0 Å². The molecular weight excluding hydrogens is 307 g/mol. The third kappa shape index (κ3) is 3.99. The summed E-state index contributed by atoms with van der Waals surface area (Å²) in [6, 6.07) is 3.00. The first kappa shape index (κ1) is 17.0. The van der Waals surface area contributed by atoms with Crippen LogP contribution in [0.4, 0.5) is 0 Å². The van der Waals surface area contributed by atoms with Crippen LogP contribution in [0.2, 0.25) is 10.0 Å². The molecule has 1 aromatic rings. The van der Waals surface area contributed by atoms with E-state index in [1.807, 2.05) is 0 Å². The summed E-state index contributed by atoms with van der Waals surface area (Å²) in [4.78, 5) is 12.1. The number of carbonyl (C=O) groups excluding carboxylic acids is 1. The lowest BCUT2D eigenvalue weighted by atomic mass is 10.2. The fourth-order valence-electron chi connectivity index (χ4n) is 1.56. The molecule has 0 aliphatic heterocycles. The highest BCUT2D eigenvalue weighted by Gasteiger charge is 2.23. The zero-order valence-electron chi connectivity index (χ0n) is 11.4. The van der Waals surface area contributed by atoms with Crippen molar-refractivity contribution in [2.24, 2.45) is 0 Å². The summed E-state index contributed by atoms with van der Waals surface area (Å²) in [6.07, 6.45) is -1.40. The van der Waals surface area contributed by atoms with Crippen LogP contribution in [0.3, 0.4) is 0 Å². The molecule has 0 aliphatic carbocycles. The molecule has 0 radical (unpaired) electrons. The van der Waals surface area contributed by atoms with Crippen LogP contribution < -0.4 is 4.74 Å². The van der Waals surface area contributed by atoms with Gasteiger partial charge in [0.2, 0.25) is 0 Å². The van der Waals surface area contributed by atoms with Crippen molar-refractivity contribution in [3.63, 3.8) is 0 Å². The Balaban J connectivity index is 2.90. The summed E-state index contributed by atoms with van der Waals surface area (Å²) in [6.45, 7) is 1.42. The number of methoxy groups -OCH3 is 2. The SMILES string of the molecule is COc1c(Cl)ccc(Cl)c1C(=O)OCC(OC)C(C)O. The first-order valence-electron chi connectivity index (χ1n) is 5.82. The van der Waals surface area contributed by atoms with Crippen LogP contribution in [0.1, 0.15) is 17.3 Å². The molecule has 0 aliphatic rings. The maximum Gasteiger partial charge on any atom is 0.343 e. The van der Waals surface area contributed by atoms with Gasteiger partial charge in [-0.1, -0.05) is 23.2 Å². The van der Waals surface area contributed by atoms with Gasteiger partial charge in [0.1, 0.15) is 18.3 Å². The lowest BCUT2D eigenvalue weighted by Crippen LogP contribution is -2.31. The van der Waals surface area contributed by atoms with Crippen LogP contribution in [0.15, 0.2) is 12.1 Å². The Labute approximate surface area is 127 Å². The van der Waals surface area contributed by atoms with E-state index in [1.165, 1.54) is 33.3 Å². The molecular formula is C13H16Cl2O5. The molecule has 0 saturated heterocycles. The second-order valence-corrected chi connectivity index (χ2v) is 4.87. The lowest BCUT2D eigenvalue weighted by molar-refractivity contribution is -0.0424. The fraction of sp³-hybridized carbons (Fsp3) is 0.462. The van der Waals surface area contributed by atoms with Gasteiger partial charge in [0.25, 0.3) is 0 Å². The Morgan fingerprint density at radius 2 is 1.90 bits per heavy atom. The van der Waals surface area contributed by atoms with E-state index >= 15 is 0 Å². The van der Waals surface area contributed by atoms with Crippen LogP contribution in [0.25, 0.3) is 0 Å². The maximum atomic E-state index is 12.1. The van der Waals surface area contributed by atoms with Gasteiger partial charge in [-0.15, -0.1) is 0 Å². The summed E-state index contributed by atoms with van der Waals surface area (Å²) >= 11 is 11.9. The summed E-state index contributed by atoms with van der Waals surface area (Å²) < 4.78 is 15.1. The molecule has 2 atom stereocenters. The predicted molar refractivity (Wildman–Crippen MR) is 75.8 cm³/mol. The Hall–Kier alpha value is -1.01. The van der Waals surface area contributed by atoms with E-state index in [9.17, 15) is 9.90 Å². The maximum absolute atomic E-state index is 12.1. The summed E-state index contributed by atoms with van der Waals surface area (Å²) in [7, 11) is 2.79. The van der Waals surface area contributed by atoms with E-state index in [4.69, 9.17) is 37.4 Å². The van der Waals surface area contributed by atoms with Gasteiger partial charge in [-0.2, -0.15) is 0 Å². The van der Waals surface area contributed by atoms with E-state index in [0.717, 1.165) is 0 Å². The zero-order valence-corrected chi connectivity index (χ0v) is 12.9. The lowest BCUT2D eigenvalue weighted by Gasteiger charge is -2.18. The van der Waals surface area contributed by atoms with Crippen molar-refractivity contribution in [2.75, 3.05) is 20.8 Å². The molecule has 1 rings (SSSR count). The minimum absolute atomic E-state index is 0.0436. The molecule has 0 heterocycles. The zero-order chi connectivity index (χ0) is 15.3. The van der Waals surface area contributed by atoms with E-state index in [-0.39, 0.29) is 28.0 Å². The van der Waals surface area contributed by atoms with Crippen molar-refractivity contribution in [3.05, 3.63) is 27.7 Å². The van der Waals surface area contributed by atoms with Crippen LogP contribution in [-0.4, -0.2) is 44.1 Å². The number of esters is 1. The van der Waals surface area contributed by atoms with Crippen molar-refractivity contribution in [2.45, 2.75) is 19.1 Å². The molecule has 0 saturated carbocycles. The Morgan fingerprint density at radius 3 is 2.40 bits per heavy atom.